The predicted molar refractivity (Wildman–Crippen MR) is 270 cm³/mol. The van der Waals surface area contributed by atoms with E-state index in [1.54, 1.807) is 0 Å². The van der Waals surface area contributed by atoms with Gasteiger partial charge in [0.15, 0.2) is 0 Å². The van der Waals surface area contributed by atoms with Crippen LogP contribution in [0.1, 0.15) is 11.3 Å². The predicted octanol–water partition coefficient (Wildman–Crippen LogP) is 13.1. The maximum Gasteiger partial charge on any atom is 0.332 e. The number of rotatable bonds is 4. The van der Waals surface area contributed by atoms with Crippen LogP contribution in [0, 0.1) is 0 Å². The molecule has 5 heteroatoms. The molecule has 2 aliphatic rings. The van der Waals surface area contributed by atoms with Crippen LogP contribution in [0.4, 0.5) is 0 Å². The van der Waals surface area contributed by atoms with E-state index in [-0.39, 0.29) is 6.85 Å². The van der Waals surface area contributed by atoms with E-state index < -0.39 is 0 Å². The third-order valence-corrected chi connectivity index (χ3v) is 14.4. The molecular weight excluding hydrogens is 775 g/mol. The van der Waals surface area contributed by atoms with Gasteiger partial charge in [0.1, 0.15) is 0 Å². The quantitative estimate of drug-likeness (QED) is 0.158. The van der Waals surface area contributed by atoms with Crippen molar-refractivity contribution in [3.63, 3.8) is 0 Å². The molecule has 64 heavy (non-hydrogen) atoms. The Kier molecular flexibility index (Phi) is 6.79. The fourth-order valence-corrected chi connectivity index (χ4v) is 11.8. The van der Waals surface area contributed by atoms with Crippen molar-refractivity contribution in [2.45, 2.75) is 6.42 Å². The Morgan fingerprint density at radius 3 is 1.62 bits per heavy atom. The van der Waals surface area contributed by atoms with Gasteiger partial charge in [0.05, 0.1) is 33.1 Å². The van der Waals surface area contributed by atoms with Gasteiger partial charge in [-0.25, -0.2) is 0 Å². The van der Waals surface area contributed by atoms with Crippen LogP contribution in [-0.2, 0) is 6.42 Å². The normalized spacial score (nSPS) is 13.2. The molecule has 9 aromatic carbocycles. The number of aromatic nitrogens is 4. The van der Waals surface area contributed by atoms with E-state index in [0.717, 1.165) is 12.1 Å². The van der Waals surface area contributed by atoms with Crippen molar-refractivity contribution in [2.75, 3.05) is 0 Å². The number of fused-ring (bicyclic) bond motifs is 14. The van der Waals surface area contributed by atoms with Gasteiger partial charge in [0, 0.05) is 78.0 Å². The van der Waals surface area contributed by atoms with E-state index in [9.17, 15) is 0 Å². The fraction of sp³-hybridized carbons (Fsp3) is 0.0169. The summed E-state index contributed by atoms with van der Waals surface area (Å²) in [5.74, 6) is 0. The molecule has 4 aromatic heterocycles. The van der Waals surface area contributed by atoms with Gasteiger partial charge < -0.3 is 18.2 Å². The first-order valence-electron chi connectivity index (χ1n) is 22.4. The molecule has 1 aliphatic heterocycles. The molecule has 0 saturated heterocycles. The highest BCUT2D eigenvalue weighted by molar-refractivity contribution is 6.88. The van der Waals surface area contributed by atoms with E-state index in [0.29, 0.717) is 0 Å². The average Bonchev–Trinajstić information content (AvgIpc) is 4.17. The fourth-order valence-electron chi connectivity index (χ4n) is 11.8. The minimum absolute atomic E-state index is 0.0856. The van der Waals surface area contributed by atoms with Crippen LogP contribution in [0.25, 0.3) is 111 Å². The summed E-state index contributed by atoms with van der Waals surface area (Å²) in [6, 6.07) is 74.7. The van der Waals surface area contributed by atoms with Crippen molar-refractivity contribution in [1.82, 2.24) is 18.2 Å². The second-order valence-electron chi connectivity index (χ2n) is 17.6. The zero-order valence-corrected chi connectivity index (χ0v) is 34.8. The van der Waals surface area contributed by atoms with Crippen molar-refractivity contribution in [2.24, 2.45) is 0 Å². The van der Waals surface area contributed by atoms with Crippen LogP contribution in [0.2, 0.25) is 0 Å². The molecule has 0 amide bonds. The molecule has 0 N–H and O–H groups in total. The smallest absolute Gasteiger partial charge is 0.332 e. The molecule has 4 nitrogen and oxygen atoms in total. The first-order valence-corrected chi connectivity index (χ1v) is 22.4. The van der Waals surface area contributed by atoms with E-state index in [1.165, 1.54) is 121 Å². The molecule has 5 heterocycles. The van der Waals surface area contributed by atoms with Gasteiger partial charge in [-0.15, -0.1) is 0 Å². The van der Waals surface area contributed by atoms with Crippen LogP contribution in [-0.4, -0.2) is 25.0 Å². The zero-order valence-electron chi connectivity index (χ0n) is 34.8. The third-order valence-electron chi connectivity index (χ3n) is 14.4. The average molecular weight is 813 g/mol. The summed E-state index contributed by atoms with van der Waals surface area (Å²) >= 11 is 0. The highest BCUT2D eigenvalue weighted by atomic mass is 15.0. The van der Waals surface area contributed by atoms with Gasteiger partial charge in [-0.05, 0) is 88.8 Å². The summed E-state index contributed by atoms with van der Waals surface area (Å²) in [4.78, 5) is 0. The molecule has 296 valence electrons. The van der Waals surface area contributed by atoms with E-state index in [4.69, 9.17) is 0 Å². The molecule has 15 rings (SSSR count). The molecule has 0 bridgehead atoms. The van der Waals surface area contributed by atoms with Crippen molar-refractivity contribution in [3.05, 3.63) is 218 Å². The Morgan fingerprint density at radius 2 is 0.938 bits per heavy atom. The van der Waals surface area contributed by atoms with Gasteiger partial charge in [0.25, 0.3) is 0 Å². The lowest BCUT2D eigenvalue weighted by Gasteiger charge is -2.29. The summed E-state index contributed by atoms with van der Waals surface area (Å²) in [5.41, 5.74) is 19.9. The summed E-state index contributed by atoms with van der Waals surface area (Å²) in [6.07, 6.45) is 5.59. The summed E-state index contributed by atoms with van der Waals surface area (Å²) in [7, 11) is 0. The Balaban J connectivity index is 1.09. The first-order chi connectivity index (χ1) is 31.8. The maximum absolute atomic E-state index is 2.70. The van der Waals surface area contributed by atoms with Gasteiger partial charge in [-0.3, -0.25) is 0 Å². The summed E-state index contributed by atoms with van der Waals surface area (Å²) in [5, 5.41) is 8.85. The highest BCUT2D eigenvalue weighted by Crippen LogP contribution is 2.42. The third kappa shape index (κ3) is 4.47. The maximum atomic E-state index is 2.70. The molecule has 0 unspecified atom stereocenters. The standard InChI is InChI=1S/C59H37BN4/c1-2-15-37(16-3-1)38-29-31-46-45-21-14-28-56(45)64(58(46)33-38)60-49-22-8-13-27-57(49)63-55-32-30-39(61-51-23-9-4-17-41(51)42-18-5-10-24-52(42)61)34-47(55)48-35-40(36-50(60)59(48)63)62-53-25-11-6-19-43(53)44-20-7-12-26-54(44)62/h1-27,29-36H,28H2. The highest BCUT2D eigenvalue weighted by Gasteiger charge is 2.38. The molecule has 1 aliphatic carbocycles. The second kappa shape index (κ2) is 12.7. The largest absolute Gasteiger partial charge is 0.379 e. The van der Waals surface area contributed by atoms with Crippen LogP contribution in [0.3, 0.4) is 0 Å². The second-order valence-corrected chi connectivity index (χ2v) is 17.6. The van der Waals surface area contributed by atoms with Crippen LogP contribution in [0.15, 0.2) is 206 Å². The Hall–Kier alpha value is -8.28. The van der Waals surface area contributed by atoms with Crippen molar-refractivity contribution in [3.8, 4) is 28.2 Å². The molecule has 0 atom stereocenters. The van der Waals surface area contributed by atoms with Crippen molar-refractivity contribution < 1.29 is 0 Å². The number of benzene rings is 9. The summed E-state index contributed by atoms with van der Waals surface area (Å²) in [6.45, 7) is -0.0856. The van der Waals surface area contributed by atoms with Crippen molar-refractivity contribution in [1.29, 1.82) is 0 Å². The Bertz CT molecular complexity index is 4070. The van der Waals surface area contributed by atoms with E-state index in [2.05, 4.69) is 231 Å². The number of nitrogens with zero attached hydrogens (tertiary/aromatic N) is 4. The molecule has 0 saturated carbocycles. The van der Waals surface area contributed by atoms with Crippen LogP contribution >= 0.6 is 0 Å². The number of para-hydroxylation sites is 5. The molecule has 13 aromatic rings. The number of hydrogen-bond acceptors (Lipinski definition) is 0. The minimum Gasteiger partial charge on any atom is -0.379 e. The van der Waals surface area contributed by atoms with Gasteiger partial charge in [0.2, 0.25) is 0 Å². The minimum atomic E-state index is -0.0856. The molecular formula is C59H37BN4. The topological polar surface area (TPSA) is 19.7 Å². The SMILES string of the molecule is C1=Cc2c(n(B3c4ccccc4-n4c5ccc(-n6c7ccccc7c7ccccc76)cc5c5cc(-n6c7ccccc7c7ccccc76)cc3c54)c3cc(-c4ccccc4)ccc23)C1. The first kappa shape index (κ1) is 34.3. The Labute approximate surface area is 368 Å². The summed E-state index contributed by atoms with van der Waals surface area (Å²) < 4.78 is 10.2. The number of allylic oxidation sites excluding steroid dienone is 1. The van der Waals surface area contributed by atoms with Gasteiger partial charge >= 0.3 is 6.85 Å². The molecule has 0 radical (unpaired) electrons. The van der Waals surface area contributed by atoms with Gasteiger partial charge in [-0.2, -0.15) is 0 Å². The zero-order chi connectivity index (χ0) is 41.6. The molecule has 0 spiro atoms. The van der Waals surface area contributed by atoms with E-state index >= 15 is 0 Å². The van der Waals surface area contributed by atoms with Crippen LogP contribution in [0.5, 0.6) is 0 Å². The Morgan fingerprint density at radius 1 is 0.359 bits per heavy atom. The monoisotopic (exact) mass is 812 g/mol. The van der Waals surface area contributed by atoms with Gasteiger partial charge in [-0.1, -0.05) is 146 Å². The molecule has 0 fully saturated rings. The van der Waals surface area contributed by atoms with Crippen molar-refractivity contribution >= 4 is 100 Å². The number of hydrogen-bond donors (Lipinski definition) is 0. The van der Waals surface area contributed by atoms with Crippen LogP contribution < -0.4 is 10.9 Å². The lowest BCUT2D eigenvalue weighted by Crippen LogP contribution is -2.53. The lowest BCUT2D eigenvalue weighted by molar-refractivity contribution is 1.09. The lowest BCUT2D eigenvalue weighted by atomic mass is 9.48. The van der Waals surface area contributed by atoms with E-state index in [1.807, 2.05) is 0 Å².